The second-order valence-corrected chi connectivity index (χ2v) is 4.49. The van der Waals surface area contributed by atoms with E-state index in [0.29, 0.717) is 21.9 Å². The molecule has 0 radical (unpaired) electrons. The zero-order chi connectivity index (χ0) is 12.4. The predicted molar refractivity (Wildman–Crippen MR) is 68.9 cm³/mol. The summed E-state index contributed by atoms with van der Waals surface area (Å²) < 4.78 is 14.3. The number of nitrogens with zero attached hydrogens (tertiary/aromatic N) is 2. The third-order valence-corrected chi connectivity index (χ3v) is 2.69. The Morgan fingerprint density at radius 2 is 2.00 bits per heavy atom. The summed E-state index contributed by atoms with van der Waals surface area (Å²) in [5, 5.41) is 2.97. The minimum absolute atomic E-state index is 0.294. The van der Waals surface area contributed by atoms with Crippen LogP contribution < -0.4 is 5.32 Å². The first-order valence-electron chi connectivity index (χ1n) is 5.09. The third-order valence-electron chi connectivity index (χ3n) is 2.28. The van der Waals surface area contributed by atoms with Crippen LogP contribution in [0.3, 0.4) is 0 Å². The summed E-state index contributed by atoms with van der Waals surface area (Å²) in [5.41, 5.74) is 1.27. The summed E-state index contributed by atoms with van der Waals surface area (Å²) in [4.78, 5) is 8.29. The van der Waals surface area contributed by atoms with Gasteiger partial charge in [0.15, 0.2) is 0 Å². The molecule has 0 bridgehead atoms. The van der Waals surface area contributed by atoms with E-state index in [1.807, 2.05) is 13.0 Å². The Morgan fingerprint density at radius 3 is 2.65 bits per heavy atom. The molecule has 0 aliphatic heterocycles. The average molecular weight is 296 g/mol. The van der Waals surface area contributed by atoms with Crippen LogP contribution in [-0.4, -0.2) is 9.97 Å². The Kier molecular flexibility index (Phi) is 3.38. The summed E-state index contributed by atoms with van der Waals surface area (Å²) in [6.07, 6.45) is 0. The van der Waals surface area contributed by atoms with Crippen molar-refractivity contribution in [3.05, 3.63) is 46.1 Å². The van der Waals surface area contributed by atoms with E-state index in [4.69, 9.17) is 0 Å². The lowest BCUT2D eigenvalue weighted by molar-refractivity contribution is 0.630. The molecular formula is C12H11BrFN3. The lowest BCUT2D eigenvalue weighted by Gasteiger charge is -2.10. The van der Waals surface area contributed by atoms with Crippen molar-refractivity contribution in [3.8, 4) is 0 Å². The first-order valence-corrected chi connectivity index (χ1v) is 5.89. The van der Waals surface area contributed by atoms with Crippen molar-refractivity contribution in [3.63, 3.8) is 0 Å². The zero-order valence-corrected chi connectivity index (χ0v) is 11.0. The normalized spacial score (nSPS) is 10.4. The Labute approximate surface area is 107 Å². The summed E-state index contributed by atoms with van der Waals surface area (Å²) >= 11 is 3.28. The van der Waals surface area contributed by atoms with E-state index in [9.17, 15) is 4.39 Å². The second kappa shape index (κ2) is 4.79. The molecule has 1 aromatic heterocycles. The fraction of sp³-hybridized carbons (Fsp3) is 0.167. The van der Waals surface area contributed by atoms with Crippen LogP contribution in [0.25, 0.3) is 0 Å². The van der Waals surface area contributed by atoms with Gasteiger partial charge in [0.05, 0.1) is 5.69 Å². The molecule has 5 heteroatoms. The highest BCUT2D eigenvalue weighted by Crippen LogP contribution is 2.23. The molecule has 0 saturated heterocycles. The molecule has 0 aliphatic rings. The predicted octanol–water partition coefficient (Wildman–Crippen LogP) is 3.74. The van der Waals surface area contributed by atoms with Gasteiger partial charge in [-0.1, -0.05) is 12.1 Å². The summed E-state index contributed by atoms with van der Waals surface area (Å²) in [7, 11) is 0. The van der Waals surface area contributed by atoms with Gasteiger partial charge in [-0.2, -0.15) is 0 Å². The third kappa shape index (κ3) is 2.79. The maximum Gasteiger partial charge on any atom is 0.146 e. The SMILES string of the molecule is Cc1nc(Br)cc(Nc2c(C)cccc2F)n1. The largest absolute Gasteiger partial charge is 0.337 e. The minimum Gasteiger partial charge on any atom is -0.337 e. The van der Waals surface area contributed by atoms with Crippen LogP contribution in [0.4, 0.5) is 15.9 Å². The number of nitrogens with one attached hydrogen (secondary N) is 1. The molecule has 1 heterocycles. The molecule has 88 valence electrons. The average Bonchev–Trinajstić information content (AvgIpc) is 2.22. The minimum atomic E-state index is -0.294. The topological polar surface area (TPSA) is 37.8 Å². The van der Waals surface area contributed by atoms with Crippen LogP contribution in [0.1, 0.15) is 11.4 Å². The van der Waals surface area contributed by atoms with Gasteiger partial charge in [0.2, 0.25) is 0 Å². The number of benzene rings is 1. The quantitative estimate of drug-likeness (QED) is 0.858. The number of halogens is 2. The van der Waals surface area contributed by atoms with Crippen LogP contribution in [-0.2, 0) is 0 Å². The van der Waals surface area contributed by atoms with Gasteiger partial charge in [0.1, 0.15) is 22.1 Å². The lowest BCUT2D eigenvalue weighted by Crippen LogP contribution is -2.00. The van der Waals surface area contributed by atoms with Gasteiger partial charge in [-0.25, -0.2) is 14.4 Å². The van der Waals surface area contributed by atoms with E-state index in [2.05, 4.69) is 31.2 Å². The Hall–Kier alpha value is -1.49. The molecule has 0 unspecified atom stereocenters. The maximum absolute atomic E-state index is 13.6. The van der Waals surface area contributed by atoms with Crippen LogP contribution in [0.15, 0.2) is 28.9 Å². The van der Waals surface area contributed by atoms with Crippen molar-refractivity contribution in [1.82, 2.24) is 9.97 Å². The van der Waals surface area contributed by atoms with Gasteiger partial charge in [-0.3, -0.25) is 0 Å². The van der Waals surface area contributed by atoms with E-state index < -0.39 is 0 Å². The van der Waals surface area contributed by atoms with Gasteiger partial charge in [-0.15, -0.1) is 0 Å². The molecule has 2 rings (SSSR count). The van der Waals surface area contributed by atoms with E-state index in [-0.39, 0.29) is 5.82 Å². The lowest BCUT2D eigenvalue weighted by atomic mass is 10.2. The molecule has 0 amide bonds. The fourth-order valence-corrected chi connectivity index (χ4v) is 1.99. The fourth-order valence-electron chi connectivity index (χ4n) is 1.51. The van der Waals surface area contributed by atoms with Crippen LogP contribution in [0.2, 0.25) is 0 Å². The van der Waals surface area contributed by atoms with Gasteiger partial charge in [0.25, 0.3) is 0 Å². The highest BCUT2D eigenvalue weighted by atomic mass is 79.9. The standard InChI is InChI=1S/C12H11BrFN3/c1-7-4-3-5-9(14)12(7)17-11-6-10(13)15-8(2)16-11/h3-6H,1-2H3,(H,15,16,17). The molecule has 17 heavy (non-hydrogen) atoms. The zero-order valence-electron chi connectivity index (χ0n) is 9.46. The number of aryl methyl sites for hydroxylation is 2. The smallest absolute Gasteiger partial charge is 0.146 e. The number of rotatable bonds is 2. The first-order chi connectivity index (χ1) is 8.06. The molecule has 3 nitrogen and oxygen atoms in total. The molecule has 0 saturated carbocycles. The van der Waals surface area contributed by atoms with E-state index >= 15 is 0 Å². The molecule has 2 aromatic rings. The molecule has 0 atom stereocenters. The van der Waals surface area contributed by atoms with Crippen molar-refractivity contribution in [2.24, 2.45) is 0 Å². The Bertz CT molecular complexity index is 517. The second-order valence-electron chi connectivity index (χ2n) is 3.68. The van der Waals surface area contributed by atoms with E-state index in [1.165, 1.54) is 6.07 Å². The molecule has 0 fully saturated rings. The summed E-state index contributed by atoms with van der Waals surface area (Å²) in [6, 6.07) is 6.64. The van der Waals surface area contributed by atoms with Crippen molar-refractivity contribution < 1.29 is 4.39 Å². The van der Waals surface area contributed by atoms with Crippen molar-refractivity contribution in [2.45, 2.75) is 13.8 Å². The molecule has 1 N–H and O–H groups in total. The van der Waals surface area contributed by atoms with Gasteiger partial charge < -0.3 is 5.32 Å². The summed E-state index contributed by atoms with van der Waals surface area (Å²) in [5.74, 6) is 0.894. The van der Waals surface area contributed by atoms with Crippen molar-refractivity contribution in [1.29, 1.82) is 0 Å². The Morgan fingerprint density at radius 1 is 1.24 bits per heavy atom. The van der Waals surface area contributed by atoms with Crippen molar-refractivity contribution >= 4 is 27.4 Å². The molecule has 1 aromatic carbocycles. The van der Waals surface area contributed by atoms with Gasteiger partial charge >= 0.3 is 0 Å². The van der Waals surface area contributed by atoms with Crippen LogP contribution in [0, 0.1) is 19.7 Å². The highest BCUT2D eigenvalue weighted by molar-refractivity contribution is 9.10. The molecule has 0 aliphatic carbocycles. The van der Waals surface area contributed by atoms with Gasteiger partial charge in [0, 0.05) is 6.07 Å². The molecule has 0 spiro atoms. The van der Waals surface area contributed by atoms with E-state index in [1.54, 1.807) is 19.1 Å². The number of aromatic nitrogens is 2. The first kappa shape index (κ1) is 12.0. The van der Waals surface area contributed by atoms with E-state index in [0.717, 1.165) is 5.56 Å². The van der Waals surface area contributed by atoms with Crippen LogP contribution in [0.5, 0.6) is 0 Å². The number of anilines is 2. The number of para-hydroxylation sites is 1. The molecular weight excluding hydrogens is 285 g/mol. The van der Waals surface area contributed by atoms with Crippen molar-refractivity contribution in [2.75, 3.05) is 5.32 Å². The maximum atomic E-state index is 13.6. The van der Waals surface area contributed by atoms with Gasteiger partial charge in [-0.05, 0) is 41.4 Å². The van der Waals surface area contributed by atoms with Crippen LogP contribution >= 0.6 is 15.9 Å². The Balaban J connectivity index is 2.38. The number of hydrogen-bond donors (Lipinski definition) is 1. The number of hydrogen-bond acceptors (Lipinski definition) is 3. The highest BCUT2D eigenvalue weighted by Gasteiger charge is 2.07. The summed E-state index contributed by atoms with van der Waals surface area (Å²) in [6.45, 7) is 3.62. The monoisotopic (exact) mass is 295 g/mol.